The molecule has 2 amide bonds. The molecule has 1 saturated heterocycles. The van der Waals surface area contributed by atoms with Crippen LogP contribution in [0.2, 0.25) is 0 Å². The number of hydrogen-bond acceptors (Lipinski definition) is 3. The summed E-state index contributed by atoms with van der Waals surface area (Å²) >= 11 is 0. The number of piperidine rings is 1. The summed E-state index contributed by atoms with van der Waals surface area (Å²) in [4.78, 5) is 27.4. The Morgan fingerprint density at radius 3 is 1.84 bits per heavy atom. The van der Waals surface area contributed by atoms with E-state index in [4.69, 9.17) is 0 Å². The molecular formula is C25H24FN3O2. The van der Waals surface area contributed by atoms with E-state index in [9.17, 15) is 14.0 Å². The zero-order chi connectivity index (χ0) is 21.6. The summed E-state index contributed by atoms with van der Waals surface area (Å²) in [5.41, 5.74) is 5.25. The van der Waals surface area contributed by atoms with Crippen LogP contribution in [0.1, 0.15) is 23.2 Å². The Morgan fingerprint density at radius 2 is 1.32 bits per heavy atom. The Morgan fingerprint density at radius 1 is 0.806 bits per heavy atom. The number of carbonyl (C=O) groups excluding carboxylic acids is 2. The first-order valence-corrected chi connectivity index (χ1v) is 10.4. The van der Waals surface area contributed by atoms with Crippen LogP contribution < -0.4 is 10.4 Å². The highest BCUT2D eigenvalue weighted by molar-refractivity contribution is 5.94. The number of amides is 2. The number of likely N-dealkylation sites (tertiary alicyclic amines) is 1. The normalized spacial score (nSPS) is 14.2. The number of hydrogen-bond donors (Lipinski definition) is 1. The third-order valence-electron chi connectivity index (χ3n) is 5.49. The van der Waals surface area contributed by atoms with E-state index in [1.54, 1.807) is 9.91 Å². The van der Waals surface area contributed by atoms with Crippen LogP contribution in [0.4, 0.5) is 15.8 Å². The van der Waals surface area contributed by atoms with Gasteiger partial charge in [0, 0.05) is 24.6 Å². The molecule has 0 aliphatic carbocycles. The smallest absolute Gasteiger partial charge is 0.253 e. The number of nitrogens with zero attached hydrogens (tertiary/aromatic N) is 2. The lowest BCUT2D eigenvalue weighted by Crippen LogP contribution is -2.47. The third-order valence-corrected chi connectivity index (χ3v) is 5.49. The molecule has 3 aromatic rings. The van der Waals surface area contributed by atoms with Gasteiger partial charge < -0.3 is 4.90 Å². The van der Waals surface area contributed by atoms with E-state index in [0.29, 0.717) is 31.5 Å². The van der Waals surface area contributed by atoms with Crippen molar-refractivity contribution in [3.63, 3.8) is 0 Å². The molecule has 0 saturated carbocycles. The SMILES string of the molecule is O=C(NN(c1ccccc1)c1ccccc1)C1CCN(C(=O)c2ccc(F)cc2)CC1. The topological polar surface area (TPSA) is 52.7 Å². The van der Waals surface area contributed by atoms with E-state index >= 15 is 0 Å². The van der Waals surface area contributed by atoms with Crippen molar-refractivity contribution < 1.29 is 14.0 Å². The average molecular weight is 417 g/mol. The van der Waals surface area contributed by atoms with E-state index in [1.165, 1.54) is 24.3 Å². The van der Waals surface area contributed by atoms with E-state index in [0.717, 1.165) is 11.4 Å². The second-order valence-corrected chi connectivity index (χ2v) is 7.56. The summed E-state index contributed by atoms with van der Waals surface area (Å²) in [7, 11) is 0. The molecule has 1 aliphatic heterocycles. The van der Waals surface area contributed by atoms with Gasteiger partial charge in [0.1, 0.15) is 5.82 Å². The maximum Gasteiger partial charge on any atom is 0.253 e. The first-order valence-electron chi connectivity index (χ1n) is 10.4. The van der Waals surface area contributed by atoms with Gasteiger partial charge >= 0.3 is 0 Å². The van der Waals surface area contributed by atoms with Gasteiger partial charge in [0.2, 0.25) is 5.91 Å². The van der Waals surface area contributed by atoms with Gasteiger partial charge in [-0.05, 0) is 61.4 Å². The largest absolute Gasteiger partial charge is 0.339 e. The summed E-state index contributed by atoms with van der Waals surface area (Å²) in [6.45, 7) is 0.982. The maximum atomic E-state index is 13.1. The van der Waals surface area contributed by atoms with Crippen molar-refractivity contribution in [2.24, 2.45) is 5.92 Å². The molecule has 0 atom stereocenters. The first-order chi connectivity index (χ1) is 15.1. The third kappa shape index (κ3) is 4.91. The highest BCUT2D eigenvalue weighted by atomic mass is 19.1. The Hall–Kier alpha value is -3.67. The summed E-state index contributed by atoms with van der Waals surface area (Å²) in [5, 5.41) is 1.79. The van der Waals surface area contributed by atoms with Crippen molar-refractivity contribution >= 4 is 23.2 Å². The number of rotatable bonds is 5. The second kappa shape index (κ2) is 9.43. The Bertz CT molecular complexity index is 978. The van der Waals surface area contributed by atoms with Gasteiger partial charge in [-0.15, -0.1) is 0 Å². The highest BCUT2D eigenvalue weighted by Crippen LogP contribution is 2.25. The van der Waals surface area contributed by atoms with Crippen molar-refractivity contribution in [1.82, 2.24) is 10.3 Å². The fraction of sp³-hybridized carbons (Fsp3) is 0.200. The number of para-hydroxylation sites is 2. The molecule has 31 heavy (non-hydrogen) atoms. The van der Waals surface area contributed by atoms with Gasteiger partial charge in [0.25, 0.3) is 5.91 Å². The Kier molecular flexibility index (Phi) is 6.26. The molecule has 5 nitrogen and oxygen atoms in total. The van der Waals surface area contributed by atoms with E-state index in [-0.39, 0.29) is 23.5 Å². The number of anilines is 2. The van der Waals surface area contributed by atoms with Crippen LogP contribution in [0.15, 0.2) is 84.9 Å². The molecular weight excluding hydrogens is 393 g/mol. The van der Waals surface area contributed by atoms with Gasteiger partial charge in [-0.25, -0.2) is 4.39 Å². The molecule has 0 radical (unpaired) electrons. The summed E-state index contributed by atoms with van der Waals surface area (Å²) < 4.78 is 13.1. The minimum Gasteiger partial charge on any atom is -0.339 e. The molecule has 0 spiro atoms. The Balaban J connectivity index is 1.40. The number of benzene rings is 3. The predicted octanol–water partition coefficient (Wildman–Crippen LogP) is 4.55. The quantitative estimate of drug-likeness (QED) is 0.620. The summed E-state index contributed by atoms with van der Waals surface area (Å²) in [6.07, 6.45) is 1.16. The molecule has 0 aromatic heterocycles. The van der Waals surface area contributed by atoms with Crippen LogP contribution in [0.25, 0.3) is 0 Å². The van der Waals surface area contributed by atoms with Crippen LogP contribution in [0.3, 0.4) is 0 Å². The van der Waals surface area contributed by atoms with E-state index in [2.05, 4.69) is 5.43 Å². The minimum atomic E-state index is -0.367. The second-order valence-electron chi connectivity index (χ2n) is 7.56. The van der Waals surface area contributed by atoms with Crippen LogP contribution in [-0.2, 0) is 4.79 Å². The molecule has 158 valence electrons. The molecule has 1 N–H and O–H groups in total. The lowest BCUT2D eigenvalue weighted by Gasteiger charge is -2.33. The molecule has 0 bridgehead atoms. The van der Waals surface area contributed by atoms with Crippen molar-refractivity contribution in [2.45, 2.75) is 12.8 Å². The van der Waals surface area contributed by atoms with Gasteiger partial charge in [-0.3, -0.25) is 20.0 Å². The fourth-order valence-corrected chi connectivity index (χ4v) is 3.75. The molecule has 4 rings (SSSR count). The first kappa shape index (κ1) is 20.6. The van der Waals surface area contributed by atoms with Gasteiger partial charge in [-0.1, -0.05) is 36.4 Å². The number of halogens is 1. The zero-order valence-electron chi connectivity index (χ0n) is 17.1. The lowest BCUT2D eigenvalue weighted by molar-refractivity contribution is -0.126. The number of hydrazine groups is 1. The standard InChI is InChI=1S/C25H24FN3O2/c26-21-13-11-20(12-14-21)25(31)28-17-15-19(16-18-28)24(30)27-29(22-7-3-1-4-8-22)23-9-5-2-6-10-23/h1-14,19H,15-18H2,(H,27,30). The monoisotopic (exact) mass is 417 g/mol. The number of nitrogens with one attached hydrogen (secondary N) is 1. The molecule has 1 aliphatic rings. The van der Waals surface area contributed by atoms with E-state index < -0.39 is 0 Å². The van der Waals surface area contributed by atoms with Crippen LogP contribution in [0, 0.1) is 11.7 Å². The Labute approximate surface area is 181 Å². The van der Waals surface area contributed by atoms with Gasteiger partial charge in [0.15, 0.2) is 0 Å². The minimum absolute atomic E-state index is 0.0680. The fourth-order valence-electron chi connectivity index (χ4n) is 3.75. The van der Waals surface area contributed by atoms with Crippen molar-refractivity contribution in [3.05, 3.63) is 96.3 Å². The maximum absolute atomic E-state index is 13.1. The molecule has 1 fully saturated rings. The summed E-state index contributed by atoms with van der Waals surface area (Å²) in [5.74, 6) is -0.754. The van der Waals surface area contributed by atoms with Crippen LogP contribution >= 0.6 is 0 Å². The van der Waals surface area contributed by atoms with Gasteiger partial charge in [0.05, 0.1) is 11.4 Å². The molecule has 3 aromatic carbocycles. The number of carbonyl (C=O) groups is 2. The molecule has 6 heteroatoms. The molecule has 0 unspecified atom stereocenters. The molecule has 1 heterocycles. The van der Waals surface area contributed by atoms with Crippen LogP contribution in [-0.4, -0.2) is 29.8 Å². The lowest BCUT2D eigenvalue weighted by atomic mass is 9.95. The highest BCUT2D eigenvalue weighted by Gasteiger charge is 2.29. The van der Waals surface area contributed by atoms with Crippen molar-refractivity contribution in [2.75, 3.05) is 18.1 Å². The van der Waals surface area contributed by atoms with Crippen molar-refractivity contribution in [1.29, 1.82) is 0 Å². The summed E-state index contributed by atoms with van der Waals surface area (Å²) in [6, 6.07) is 24.9. The zero-order valence-corrected chi connectivity index (χ0v) is 17.1. The van der Waals surface area contributed by atoms with Crippen molar-refractivity contribution in [3.8, 4) is 0 Å². The van der Waals surface area contributed by atoms with Crippen LogP contribution in [0.5, 0.6) is 0 Å². The van der Waals surface area contributed by atoms with Gasteiger partial charge in [-0.2, -0.15) is 0 Å². The van der Waals surface area contributed by atoms with E-state index in [1.807, 2.05) is 60.7 Å². The average Bonchev–Trinajstić information content (AvgIpc) is 2.83. The predicted molar refractivity (Wildman–Crippen MR) is 118 cm³/mol.